The van der Waals surface area contributed by atoms with Crippen LogP contribution in [0.1, 0.15) is 61.4 Å². The first kappa shape index (κ1) is 23.1. The maximum Gasteiger partial charge on any atom is 0.402 e. The van der Waals surface area contributed by atoms with Crippen molar-refractivity contribution >= 4 is 0 Å². The Bertz CT molecular complexity index is 1520. The molecule has 0 bridgehead atoms. The van der Waals surface area contributed by atoms with E-state index in [1.54, 1.807) is 24.3 Å². The number of aryl methyl sites for hydroxylation is 1. The lowest BCUT2D eigenvalue weighted by atomic mass is 9.73. The molecule has 0 aromatic heterocycles. The van der Waals surface area contributed by atoms with Crippen LogP contribution in [0.5, 0.6) is 0 Å². The summed E-state index contributed by atoms with van der Waals surface area (Å²) in [6.07, 6.45) is -2.45. The van der Waals surface area contributed by atoms with Crippen molar-refractivity contribution in [1.29, 1.82) is 0 Å². The van der Waals surface area contributed by atoms with Crippen LogP contribution < -0.4 is 0 Å². The highest BCUT2D eigenvalue weighted by Crippen LogP contribution is 2.57. The summed E-state index contributed by atoms with van der Waals surface area (Å²) in [5.74, 6) is 0. The molecule has 0 nitrogen and oxygen atoms in total. The van der Waals surface area contributed by atoms with Crippen molar-refractivity contribution in [2.45, 2.75) is 57.5 Å². The topological polar surface area (TPSA) is 0 Å². The lowest BCUT2D eigenvalue weighted by molar-refractivity contribution is -0.172. The highest BCUT2D eigenvalue weighted by molar-refractivity contribution is 5.87. The van der Waals surface area contributed by atoms with E-state index in [0.717, 1.165) is 24.0 Å². The molecule has 0 spiro atoms. The van der Waals surface area contributed by atoms with Crippen molar-refractivity contribution in [1.82, 2.24) is 0 Å². The SMILES string of the molecule is CCC1(CC)c2cc(C)ccc2-c2ccc(-c3ccc4c(c3)C(C)(C(F)(F)F)c3ccccc3-4)cc21. The summed E-state index contributed by atoms with van der Waals surface area (Å²) in [6, 6.07) is 25.7. The van der Waals surface area contributed by atoms with E-state index in [4.69, 9.17) is 0 Å². The maximum absolute atomic E-state index is 14.6. The van der Waals surface area contributed by atoms with Crippen molar-refractivity contribution in [3.8, 4) is 33.4 Å². The van der Waals surface area contributed by atoms with E-state index in [2.05, 4.69) is 57.2 Å². The monoisotopic (exact) mass is 482 g/mol. The summed E-state index contributed by atoms with van der Waals surface area (Å²) >= 11 is 0. The largest absolute Gasteiger partial charge is 0.402 e. The van der Waals surface area contributed by atoms with Crippen LogP contribution in [0.25, 0.3) is 33.4 Å². The highest BCUT2D eigenvalue weighted by atomic mass is 19.4. The van der Waals surface area contributed by atoms with Gasteiger partial charge in [0.2, 0.25) is 0 Å². The van der Waals surface area contributed by atoms with Crippen molar-refractivity contribution in [3.63, 3.8) is 0 Å². The summed E-state index contributed by atoms with van der Waals surface area (Å²) in [5, 5.41) is 0. The molecule has 2 aliphatic rings. The molecule has 0 saturated carbocycles. The van der Waals surface area contributed by atoms with E-state index in [1.807, 2.05) is 18.2 Å². The van der Waals surface area contributed by atoms with Crippen molar-refractivity contribution < 1.29 is 13.2 Å². The van der Waals surface area contributed by atoms with Gasteiger partial charge in [0.15, 0.2) is 0 Å². The highest BCUT2D eigenvalue weighted by Gasteiger charge is 2.58. The average Bonchev–Trinajstić information content (AvgIpc) is 3.30. The molecule has 0 heterocycles. The first-order valence-electron chi connectivity index (χ1n) is 12.7. The number of alkyl halides is 3. The molecule has 4 aromatic carbocycles. The van der Waals surface area contributed by atoms with Crippen molar-refractivity contribution in [2.75, 3.05) is 0 Å². The number of fused-ring (bicyclic) bond motifs is 6. The lowest BCUT2D eigenvalue weighted by Crippen LogP contribution is -2.38. The number of hydrogen-bond acceptors (Lipinski definition) is 0. The number of hydrogen-bond donors (Lipinski definition) is 0. The predicted octanol–water partition coefficient (Wildman–Crippen LogP) is 9.60. The molecule has 0 aliphatic heterocycles. The first-order chi connectivity index (χ1) is 17.2. The fourth-order valence-electron chi connectivity index (χ4n) is 6.78. The van der Waals surface area contributed by atoms with Crippen LogP contribution in [-0.2, 0) is 10.8 Å². The number of rotatable bonds is 3. The van der Waals surface area contributed by atoms with Crippen molar-refractivity contribution in [2.24, 2.45) is 0 Å². The van der Waals surface area contributed by atoms with Gasteiger partial charge in [0, 0.05) is 5.41 Å². The minimum atomic E-state index is -4.40. The fraction of sp³-hybridized carbons (Fsp3) is 0.273. The Morgan fingerprint density at radius 1 is 0.611 bits per heavy atom. The molecular weight excluding hydrogens is 453 g/mol. The van der Waals surface area contributed by atoms with Crippen LogP contribution in [-0.4, -0.2) is 6.18 Å². The van der Waals surface area contributed by atoms with E-state index < -0.39 is 11.6 Å². The Morgan fingerprint density at radius 2 is 1.11 bits per heavy atom. The predicted molar refractivity (Wildman–Crippen MR) is 141 cm³/mol. The van der Waals surface area contributed by atoms with Crippen LogP contribution in [0.4, 0.5) is 13.2 Å². The number of benzene rings is 4. The van der Waals surface area contributed by atoms with Crippen molar-refractivity contribution in [3.05, 3.63) is 107 Å². The molecule has 0 N–H and O–H groups in total. The first-order valence-corrected chi connectivity index (χ1v) is 12.7. The van der Waals surface area contributed by atoms with Gasteiger partial charge in [-0.1, -0.05) is 86.1 Å². The van der Waals surface area contributed by atoms with Crippen LogP contribution in [0, 0.1) is 6.92 Å². The van der Waals surface area contributed by atoms with Crippen LogP contribution >= 0.6 is 0 Å². The summed E-state index contributed by atoms with van der Waals surface area (Å²) in [7, 11) is 0. The van der Waals surface area contributed by atoms with E-state index in [-0.39, 0.29) is 5.41 Å². The second kappa shape index (κ2) is 7.59. The quantitative estimate of drug-likeness (QED) is 0.273. The van der Waals surface area contributed by atoms with Crippen LogP contribution in [0.3, 0.4) is 0 Å². The van der Waals surface area contributed by atoms with Gasteiger partial charge >= 0.3 is 6.18 Å². The van der Waals surface area contributed by atoms with Gasteiger partial charge in [0.25, 0.3) is 0 Å². The van der Waals surface area contributed by atoms with E-state index in [1.165, 1.54) is 34.7 Å². The van der Waals surface area contributed by atoms with E-state index in [0.29, 0.717) is 22.3 Å². The molecule has 2 aliphatic carbocycles. The van der Waals surface area contributed by atoms with Gasteiger partial charge in [0.1, 0.15) is 5.41 Å². The molecule has 0 fully saturated rings. The minimum absolute atomic E-state index is 0.0832. The Kier molecular flexibility index (Phi) is 4.87. The number of halogens is 3. The summed E-state index contributed by atoms with van der Waals surface area (Å²) in [4.78, 5) is 0. The summed E-state index contributed by atoms with van der Waals surface area (Å²) in [5.41, 5.74) is 8.12. The Labute approximate surface area is 210 Å². The molecule has 0 radical (unpaired) electrons. The molecule has 4 aromatic rings. The van der Waals surface area contributed by atoms with E-state index >= 15 is 0 Å². The van der Waals surface area contributed by atoms with Gasteiger partial charge in [0.05, 0.1) is 0 Å². The molecule has 6 rings (SSSR count). The zero-order valence-electron chi connectivity index (χ0n) is 21.1. The zero-order chi connectivity index (χ0) is 25.5. The molecule has 0 amide bonds. The van der Waals surface area contributed by atoms with Gasteiger partial charge in [-0.3, -0.25) is 0 Å². The normalized spacial score (nSPS) is 19.0. The maximum atomic E-state index is 14.6. The second-order valence-electron chi connectivity index (χ2n) is 10.5. The van der Waals surface area contributed by atoms with Crippen LogP contribution in [0.15, 0.2) is 78.9 Å². The second-order valence-corrected chi connectivity index (χ2v) is 10.5. The van der Waals surface area contributed by atoms with Crippen LogP contribution in [0.2, 0.25) is 0 Å². The third kappa shape index (κ3) is 2.83. The standard InChI is InChI=1S/C33H29F3/c1-5-32(6-2)29-17-20(3)11-14-25(29)26-16-13-22(19-30(26)32)21-12-15-24-23-9-7-8-10-27(23)31(4,28(24)18-21)33(34,35)36/h7-19H,5-6H2,1-4H3. The third-order valence-electron chi connectivity index (χ3n) is 8.94. The molecular formula is C33H29F3. The van der Waals surface area contributed by atoms with Gasteiger partial charge in [-0.25, -0.2) is 0 Å². The summed E-state index contributed by atoms with van der Waals surface area (Å²) in [6.45, 7) is 7.92. The Balaban J connectivity index is 1.54. The third-order valence-corrected chi connectivity index (χ3v) is 8.94. The zero-order valence-corrected chi connectivity index (χ0v) is 21.1. The Morgan fingerprint density at radius 3 is 1.72 bits per heavy atom. The molecule has 36 heavy (non-hydrogen) atoms. The van der Waals surface area contributed by atoms with Gasteiger partial charge in [-0.2, -0.15) is 13.2 Å². The fourth-order valence-corrected chi connectivity index (χ4v) is 6.78. The smallest absolute Gasteiger partial charge is 0.170 e. The molecule has 1 atom stereocenters. The van der Waals surface area contributed by atoms with Gasteiger partial charge in [-0.15, -0.1) is 0 Å². The molecule has 0 saturated heterocycles. The molecule has 3 heteroatoms. The summed E-state index contributed by atoms with van der Waals surface area (Å²) < 4.78 is 43.8. The average molecular weight is 483 g/mol. The lowest BCUT2D eigenvalue weighted by Gasteiger charge is -2.31. The van der Waals surface area contributed by atoms with E-state index in [9.17, 15) is 13.2 Å². The van der Waals surface area contributed by atoms with Gasteiger partial charge in [-0.05, 0) is 94.5 Å². The minimum Gasteiger partial charge on any atom is -0.170 e. The van der Waals surface area contributed by atoms with Gasteiger partial charge < -0.3 is 0 Å². The Hall–Kier alpha value is -3.33. The molecule has 182 valence electrons. The molecule has 1 unspecified atom stereocenters.